The summed E-state index contributed by atoms with van der Waals surface area (Å²) in [6.45, 7) is 7.16. The molecule has 0 atom stereocenters. The van der Waals surface area contributed by atoms with Crippen molar-refractivity contribution in [3.8, 4) is 22.3 Å². The predicted molar refractivity (Wildman–Crippen MR) is 149 cm³/mol. The van der Waals surface area contributed by atoms with Crippen LogP contribution in [0.4, 0.5) is 5.82 Å². The van der Waals surface area contributed by atoms with Gasteiger partial charge < -0.3 is 15.5 Å². The van der Waals surface area contributed by atoms with E-state index in [1.165, 1.54) is 0 Å². The fourth-order valence-corrected chi connectivity index (χ4v) is 3.44. The van der Waals surface area contributed by atoms with E-state index >= 15 is 0 Å². The van der Waals surface area contributed by atoms with Crippen molar-refractivity contribution < 1.29 is 9.76 Å². The molecule has 3 aromatic carbocycles. The Morgan fingerprint density at radius 2 is 1.42 bits per heavy atom. The zero-order valence-electron chi connectivity index (χ0n) is 21.1. The van der Waals surface area contributed by atoms with Crippen molar-refractivity contribution in [2.75, 3.05) is 0 Å². The molecule has 0 fully saturated rings. The zero-order chi connectivity index (χ0) is 25.8. The average molecular weight is 476 g/mol. The molecule has 0 aliphatic carbocycles. The van der Waals surface area contributed by atoms with E-state index in [0.717, 1.165) is 33.3 Å². The van der Waals surface area contributed by atoms with Gasteiger partial charge in [0.1, 0.15) is 5.84 Å². The Labute approximate surface area is 214 Å². The molecule has 4 aromatic rings. The van der Waals surface area contributed by atoms with E-state index in [9.17, 15) is 5.11 Å². The molecular weight excluding hydrogens is 445 g/mol. The minimum Gasteiger partial charge on any atom is -0.427 e. The number of aromatic nitrogens is 1. The molecule has 5 nitrogen and oxygen atoms in total. The Balaban J connectivity index is 1.61. The molecule has 0 saturated carbocycles. The molecule has 181 valence electrons. The van der Waals surface area contributed by atoms with Crippen molar-refractivity contribution in [2.45, 2.75) is 38.9 Å². The Bertz CT molecular complexity index is 1330. The number of aliphatic imine (C=N–C) groups is 1. The van der Waals surface area contributed by atoms with Crippen LogP contribution >= 0.6 is 0 Å². The van der Waals surface area contributed by atoms with Gasteiger partial charge in [-0.1, -0.05) is 90.4 Å². The first-order chi connectivity index (χ1) is 17.1. The Kier molecular flexibility index (Phi) is 7.39. The van der Waals surface area contributed by atoms with Gasteiger partial charge in [0.2, 0.25) is 0 Å². The Hall–Kier alpha value is -3.74. The fourth-order valence-electron chi connectivity index (χ4n) is 3.44. The highest BCUT2D eigenvalue weighted by atomic mass is 16.5. The molecule has 0 aliphatic heterocycles. The molecule has 3 N–H and O–H groups in total. The highest BCUT2D eigenvalue weighted by molar-refractivity contribution is 6.47. The van der Waals surface area contributed by atoms with Gasteiger partial charge in [-0.15, -0.1) is 0 Å². The van der Waals surface area contributed by atoms with Crippen molar-refractivity contribution in [1.29, 1.82) is 0 Å². The number of pyridine rings is 1. The first-order valence-electron chi connectivity index (χ1n) is 11.9. The number of nitrogens with two attached hydrogens (primary N) is 1. The third kappa shape index (κ3) is 5.90. The molecule has 0 aliphatic rings. The number of hydrogen-bond acceptors (Lipinski definition) is 4. The number of hydrogen-bond donors (Lipinski definition) is 2. The number of benzene rings is 3. The lowest BCUT2D eigenvalue weighted by molar-refractivity contribution is -0.0893. The van der Waals surface area contributed by atoms with Crippen molar-refractivity contribution >= 4 is 24.6 Å². The largest absolute Gasteiger partial charge is 0.427 e. The molecule has 0 spiro atoms. The maximum absolute atomic E-state index is 10.3. The van der Waals surface area contributed by atoms with Gasteiger partial charge in [0.25, 0.3) is 0 Å². The number of aliphatic hydroxyl groups is 1. The fraction of sp³-hybridized carbons (Fsp3) is 0.200. The van der Waals surface area contributed by atoms with Crippen LogP contribution in [0.15, 0.2) is 102 Å². The monoisotopic (exact) mass is 476 g/mol. The lowest BCUT2D eigenvalue weighted by Gasteiger charge is -2.37. The summed E-state index contributed by atoms with van der Waals surface area (Å²) in [5.41, 5.74) is 10.4. The van der Waals surface area contributed by atoms with Gasteiger partial charge in [0.15, 0.2) is 5.82 Å². The zero-order valence-corrected chi connectivity index (χ0v) is 21.1. The first kappa shape index (κ1) is 25.4. The molecule has 36 heavy (non-hydrogen) atoms. The molecule has 0 bridgehead atoms. The van der Waals surface area contributed by atoms with Crippen LogP contribution in [0.2, 0.25) is 0 Å². The molecule has 1 heterocycles. The van der Waals surface area contributed by atoms with Crippen molar-refractivity contribution in [1.82, 2.24) is 4.98 Å². The van der Waals surface area contributed by atoms with Crippen LogP contribution in [-0.2, 0) is 4.65 Å². The van der Waals surface area contributed by atoms with Crippen molar-refractivity contribution in [2.24, 2.45) is 10.7 Å². The van der Waals surface area contributed by atoms with Crippen LogP contribution in [0, 0.1) is 0 Å². The third-order valence-corrected chi connectivity index (χ3v) is 6.45. The quantitative estimate of drug-likeness (QED) is 0.207. The molecule has 1 radical (unpaired) electrons. The summed E-state index contributed by atoms with van der Waals surface area (Å²) >= 11 is 0. The van der Waals surface area contributed by atoms with Gasteiger partial charge in [0.05, 0.1) is 11.2 Å². The minimum absolute atomic E-state index is 0.372. The van der Waals surface area contributed by atoms with E-state index in [1.54, 1.807) is 21.3 Å². The summed E-state index contributed by atoms with van der Waals surface area (Å²) < 4.78 is 5.84. The molecular formula is C30H31BN3O2. The number of amidine groups is 1. The van der Waals surface area contributed by atoms with Crippen LogP contribution in [-0.4, -0.2) is 34.6 Å². The van der Waals surface area contributed by atoms with Crippen LogP contribution in [0.3, 0.4) is 0 Å². The molecule has 1 aromatic heterocycles. The van der Waals surface area contributed by atoms with Gasteiger partial charge in [-0.3, -0.25) is 0 Å². The highest BCUT2D eigenvalue weighted by Gasteiger charge is 2.35. The molecule has 4 rings (SSSR count). The Morgan fingerprint density at radius 1 is 0.833 bits per heavy atom. The van der Waals surface area contributed by atoms with E-state index in [4.69, 9.17) is 15.4 Å². The van der Waals surface area contributed by atoms with E-state index < -0.39 is 11.2 Å². The maximum atomic E-state index is 10.3. The lowest BCUT2D eigenvalue weighted by Crippen LogP contribution is -2.49. The number of rotatable bonds is 8. The predicted octanol–water partition coefficient (Wildman–Crippen LogP) is 5.26. The second-order valence-corrected chi connectivity index (χ2v) is 9.75. The second-order valence-electron chi connectivity index (χ2n) is 9.75. The standard InChI is InChI=1S/C30H31BN3O2/c1-29(2,35)30(3,4)36-31-25-17-15-23(16-18-25)27(32)34-28-26(22-13-9-6-10-14-22)19-24(20-33-28)21-11-7-5-8-12-21/h5-20,35H,1-4H3,(H2,32,33,34). The molecule has 0 unspecified atom stereocenters. The topological polar surface area (TPSA) is 80.7 Å². The van der Waals surface area contributed by atoms with E-state index in [0.29, 0.717) is 11.7 Å². The average Bonchev–Trinajstić information content (AvgIpc) is 2.88. The van der Waals surface area contributed by atoms with E-state index in [2.05, 4.69) is 23.2 Å². The maximum Gasteiger partial charge on any atom is 0.330 e. The van der Waals surface area contributed by atoms with Crippen LogP contribution < -0.4 is 11.2 Å². The summed E-state index contributed by atoms with van der Waals surface area (Å²) in [5, 5.41) is 10.3. The minimum atomic E-state index is -0.986. The summed E-state index contributed by atoms with van der Waals surface area (Å²) in [7, 11) is 1.65. The SMILES string of the molecule is CC(C)(O)C(C)(C)O[B]c1ccc(C(N)=Nc2ncc(-c3ccccc3)cc2-c2ccccc2)cc1. The lowest BCUT2D eigenvalue weighted by atomic mass is 9.82. The second kappa shape index (κ2) is 10.5. The Morgan fingerprint density at radius 3 is 2.00 bits per heavy atom. The number of nitrogens with zero attached hydrogens (tertiary/aromatic N) is 2. The van der Waals surface area contributed by atoms with Gasteiger partial charge in [-0.05, 0) is 44.9 Å². The van der Waals surface area contributed by atoms with Crippen molar-refractivity contribution in [3.63, 3.8) is 0 Å². The van der Waals surface area contributed by atoms with Gasteiger partial charge in [-0.2, -0.15) is 0 Å². The summed E-state index contributed by atoms with van der Waals surface area (Å²) in [4.78, 5) is 9.37. The third-order valence-electron chi connectivity index (χ3n) is 6.45. The smallest absolute Gasteiger partial charge is 0.330 e. The van der Waals surface area contributed by atoms with Crippen molar-refractivity contribution in [3.05, 3.63) is 103 Å². The normalized spacial score (nSPS) is 12.4. The summed E-state index contributed by atoms with van der Waals surface area (Å²) in [6, 6.07) is 29.9. The van der Waals surface area contributed by atoms with Gasteiger partial charge in [0, 0.05) is 22.9 Å². The van der Waals surface area contributed by atoms with Crippen LogP contribution in [0.25, 0.3) is 22.3 Å². The molecule has 6 heteroatoms. The van der Waals surface area contributed by atoms with Crippen LogP contribution in [0.5, 0.6) is 0 Å². The van der Waals surface area contributed by atoms with Gasteiger partial charge >= 0.3 is 7.48 Å². The van der Waals surface area contributed by atoms with Gasteiger partial charge in [-0.25, -0.2) is 9.98 Å². The summed E-state index contributed by atoms with van der Waals surface area (Å²) in [6.07, 6.45) is 1.83. The summed E-state index contributed by atoms with van der Waals surface area (Å²) in [5.74, 6) is 0.931. The van der Waals surface area contributed by atoms with E-state index in [1.807, 2.05) is 92.8 Å². The first-order valence-corrected chi connectivity index (χ1v) is 11.9. The van der Waals surface area contributed by atoms with Crippen LogP contribution in [0.1, 0.15) is 33.3 Å². The molecule has 0 amide bonds. The molecule has 0 saturated heterocycles. The van der Waals surface area contributed by atoms with E-state index in [-0.39, 0.29) is 0 Å². The highest BCUT2D eigenvalue weighted by Crippen LogP contribution is 2.32.